The van der Waals surface area contributed by atoms with E-state index in [1.807, 2.05) is 0 Å². The number of esters is 6. The predicted octanol–water partition coefficient (Wildman–Crippen LogP) is -0.587. The molecule has 0 aromatic carbocycles. The summed E-state index contributed by atoms with van der Waals surface area (Å²) in [5.41, 5.74) is 0. The van der Waals surface area contributed by atoms with E-state index in [2.05, 4.69) is 0 Å². The van der Waals surface area contributed by atoms with E-state index in [0.717, 1.165) is 46.6 Å². The first-order valence-electron chi connectivity index (χ1n) is 11.4. The molecule has 0 N–H and O–H groups in total. The van der Waals surface area contributed by atoms with Crippen molar-refractivity contribution in [2.24, 2.45) is 0 Å². The highest BCUT2D eigenvalue weighted by atomic mass is 16.8. The van der Waals surface area contributed by atoms with Gasteiger partial charge in [-0.3, -0.25) is 28.8 Å². The van der Waals surface area contributed by atoms with Gasteiger partial charge in [-0.05, 0) is 0 Å². The molecule has 1 aliphatic rings. The molecule has 1 heterocycles. The molecule has 6 atom stereocenters. The summed E-state index contributed by atoms with van der Waals surface area (Å²) in [6, 6.07) is -1.30. The van der Waals surface area contributed by atoms with Crippen LogP contribution in [0.25, 0.3) is 0 Å². The number of carbonyl (C=O) groups excluding carboxylic acids is 7. The third kappa shape index (κ3) is 8.68. The molecule has 1 rings (SSSR count). The van der Waals surface area contributed by atoms with E-state index >= 15 is 0 Å². The van der Waals surface area contributed by atoms with Crippen LogP contribution < -0.4 is 0 Å². The number of carbonyl (C=O) groups is 7. The summed E-state index contributed by atoms with van der Waals surface area (Å²) in [6.07, 6.45) is -6.93. The zero-order valence-electron chi connectivity index (χ0n) is 22.5. The van der Waals surface area contributed by atoms with Crippen molar-refractivity contribution < 1.29 is 66.7 Å². The van der Waals surface area contributed by atoms with E-state index in [9.17, 15) is 33.6 Å². The van der Waals surface area contributed by atoms with Gasteiger partial charge in [0, 0.05) is 48.6 Å². The molecule has 0 aliphatic carbocycles. The van der Waals surface area contributed by atoms with Crippen LogP contribution in [0.2, 0.25) is 0 Å². The maximum absolute atomic E-state index is 12.9. The normalized spacial score (nSPS) is 24.1. The molecule has 0 aromatic rings. The van der Waals surface area contributed by atoms with Gasteiger partial charge in [0.05, 0.1) is 19.6 Å². The van der Waals surface area contributed by atoms with E-state index in [0.29, 0.717) is 0 Å². The highest BCUT2D eigenvalue weighted by molar-refractivity contribution is 5.82. The smallest absolute Gasteiger partial charge is 0.379 e. The first-order valence-corrected chi connectivity index (χ1v) is 11.4. The van der Waals surface area contributed by atoms with Crippen molar-refractivity contribution in [3.05, 3.63) is 0 Å². The maximum Gasteiger partial charge on any atom is 0.379 e. The summed E-state index contributed by atoms with van der Waals surface area (Å²) in [5, 5.41) is 0. The zero-order chi connectivity index (χ0) is 29.4. The van der Waals surface area contributed by atoms with E-state index in [4.69, 9.17) is 33.2 Å². The topological polar surface area (TPSA) is 187 Å². The Hall–Kier alpha value is -3.75. The molecular weight excluding hydrogens is 514 g/mol. The number of ether oxygens (including phenoxy) is 7. The average molecular weight is 548 g/mol. The summed E-state index contributed by atoms with van der Waals surface area (Å²) in [4.78, 5) is 86.1. The first-order chi connectivity index (χ1) is 17.5. The van der Waals surface area contributed by atoms with Crippen LogP contribution in [0.1, 0.15) is 48.0 Å². The van der Waals surface area contributed by atoms with Crippen LogP contribution in [-0.2, 0) is 66.7 Å². The Kier molecular flexibility index (Phi) is 11.6. The summed E-state index contributed by atoms with van der Waals surface area (Å²) in [7, 11) is 2.29. The summed E-state index contributed by atoms with van der Waals surface area (Å²) in [6.45, 7) is 5.70. The third-order valence-corrected chi connectivity index (χ3v) is 5.34. The highest BCUT2D eigenvalue weighted by Gasteiger charge is 2.61. The van der Waals surface area contributed by atoms with Gasteiger partial charge in [-0.25, -0.2) is 4.79 Å². The number of hydrogen-bond acceptors (Lipinski definition) is 14. The lowest BCUT2D eigenvalue weighted by Crippen LogP contribution is -2.69. The number of amides is 1. The van der Waals surface area contributed by atoms with E-state index in [-0.39, 0.29) is 0 Å². The van der Waals surface area contributed by atoms with Crippen LogP contribution in [0, 0.1) is 0 Å². The molecule has 15 nitrogen and oxygen atoms in total. The van der Waals surface area contributed by atoms with Gasteiger partial charge in [0.2, 0.25) is 5.91 Å². The Labute approximate surface area is 218 Å². The lowest BCUT2D eigenvalue weighted by molar-refractivity contribution is -0.310. The second-order valence-corrected chi connectivity index (χ2v) is 8.42. The number of hydrogen-bond donors (Lipinski definition) is 0. The van der Waals surface area contributed by atoms with Crippen molar-refractivity contribution in [1.29, 1.82) is 0 Å². The fourth-order valence-corrected chi connectivity index (χ4v) is 3.98. The van der Waals surface area contributed by atoms with Gasteiger partial charge in [0.25, 0.3) is 0 Å². The summed E-state index contributed by atoms with van der Waals surface area (Å²) >= 11 is 0. The molecule has 0 bridgehead atoms. The molecule has 0 aromatic heterocycles. The van der Waals surface area contributed by atoms with E-state index in [1.165, 1.54) is 14.0 Å². The predicted molar refractivity (Wildman–Crippen MR) is 122 cm³/mol. The lowest BCUT2D eigenvalue weighted by Gasteiger charge is -2.50. The van der Waals surface area contributed by atoms with Gasteiger partial charge >= 0.3 is 41.6 Å². The fraction of sp³-hybridized carbons (Fsp3) is 0.696. The van der Waals surface area contributed by atoms with Crippen molar-refractivity contribution in [1.82, 2.24) is 4.90 Å². The minimum Gasteiger partial charge on any atom is -0.464 e. The maximum atomic E-state index is 12.9. The van der Waals surface area contributed by atoms with Gasteiger partial charge in [-0.15, -0.1) is 0 Å². The molecule has 1 fully saturated rings. The van der Waals surface area contributed by atoms with Crippen LogP contribution in [0.5, 0.6) is 0 Å². The van der Waals surface area contributed by atoms with Gasteiger partial charge in [0.15, 0.2) is 12.2 Å². The number of nitrogens with zero attached hydrogens (tertiary/aromatic N) is 1. The molecule has 38 heavy (non-hydrogen) atoms. The Morgan fingerprint density at radius 2 is 1.45 bits per heavy atom. The highest BCUT2D eigenvalue weighted by Crippen LogP contribution is 2.38. The SMILES string of the molecule is COC(=O)C1(OC(C)=O)CC(OC(C)=O)C(N(C)C(C)=O)C(C(OC(C)=O)C(COC(C)=O)OC(C)=O)O1. The van der Waals surface area contributed by atoms with Crippen molar-refractivity contribution in [3.8, 4) is 0 Å². The average Bonchev–Trinajstić information content (AvgIpc) is 2.77. The molecule has 1 amide bonds. The zero-order valence-corrected chi connectivity index (χ0v) is 22.5. The van der Waals surface area contributed by atoms with Crippen LogP contribution in [0.3, 0.4) is 0 Å². The standard InChI is InChI=1S/C23H33NO14/c1-11(25)24(7)19-17(34-13(3)27)9-23(22(31)32-8,37-16(6)30)38-21(19)20(36-15(5)29)18(35-14(4)28)10-33-12(2)26/h17-21H,9-10H2,1-8H3. The van der Waals surface area contributed by atoms with Crippen molar-refractivity contribution >= 4 is 41.7 Å². The largest absolute Gasteiger partial charge is 0.464 e. The number of rotatable bonds is 10. The van der Waals surface area contributed by atoms with Gasteiger partial charge in [-0.1, -0.05) is 0 Å². The van der Waals surface area contributed by atoms with Crippen LogP contribution in [0.15, 0.2) is 0 Å². The third-order valence-electron chi connectivity index (χ3n) is 5.34. The van der Waals surface area contributed by atoms with Crippen molar-refractivity contribution in [2.45, 2.75) is 84.2 Å². The van der Waals surface area contributed by atoms with Crippen molar-refractivity contribution in [2.75, 3.05) is 20.8 Å². The van der Waals surface area contributed by atoms with E-state index < -0.39 is 91.0 Å². The minimum atomic E-state index is -2.54. The Balaban J connectivity index is 3.92. The van der Waals surface area contributed by atoms with Crippen LogP contribution >= 0.6 is 0 Å². The Bertz CT molecular complexity index is 948. The van der Waals surface area contributed by atoms with Gasteiger partial charge in [-0.2, -0.15) is 0 Å². The summed E-state index contributed by atoms with van der Waals surface area (Å²) in [5.74, 6) is -8.72. The second kappa shape index (κ2) is 13.7. The lowest BCUT2D eigenvalue weighted by atomic mass is 9.87. The summed E-state index contributed by atoms with van der Waals surface area (Å²) < 4.78 is 37.0. The van der Waals surface area contributed by atoms with Gasteiger partial charge in [0.1, 0.15) is 18.8 Å². The molecular formula is C23H33NO14. The first kappa shape index (κ1) is 32.3. The molecule has 214 valence electrons. The Morgan fingerprint density at radius 3 is 1.87 bits per heavy atom. The molecule has 15 heteroatoms. The van der Waals surface area contributed by atoms with Crippen LogP contribution in [-0.4, -0.2) is 104 Å². The second-order valence-electron chi connectivity index (χ2n) is 8.42. The monoisotopic (exact) mass is 547 g/mol. The quantitative estimate of drug-likeness (QED) is 0.249. The van der Waals surface area contributed by atoms with Gasteiger partial charge < -0.3 is 38.1 Å². The van der Waals surface area contributed by atoms with E-state index in [1.54, 1.807) is 0 Å². The molecule has 0 spiro atoms. The molecule has 1 aliphatic heterocycles. The number of likely N-dealkylation sites (N-methyl/N-ethyl adjacent to an activating group) is 1. The van der Waals surface area contributed by atoms with Crippen LogP contribution in [0.4, 0.5) is 0 Å². The molecule has 0 saturated carbocycles. The minimum absolute atomic E-state index is 0.565. The molecule has 1 saturated heterocycles. The molecule has 6 unspecified atom stereocenters. The molecule has 0 radical (unpaired) electrons. The Morgan fingerprint density at radius 1 is 0.868 bits per heavy atom. The number of methoxy groups -OCH3 is 1. The fourth-order valence-electron chi connectivity index (χ4n) is 3.98. The van der Waals surface area contributed by atoms with Crippen molar-refractivity contribution in [3.63, 3.8) is 0 Å².